The van der Waals surface area contributed by atoms with Crippen molar-refractivity contribution in [3.8, 4) is 0 Å². The minimum atomic E-state index is -4.57. The number of benzene rings is 1. The summed E-state index contributed by atoms with van der Waals surface area (Å²) in [5.41, 5.74) is 3.65. The van der Waals surface area contributed by atoms with Gasteiger partial charge in [-0.3, -0.25) is 4.79 Å². The second-order valence-corrected chi connectivity index (χ2v) is 6.09. The van der Waals surface area contributed by atoms with E-state index in [9.17, 15) is 18.0 Å². The van der Waals surface area contributed by atoms with E-state index in [2.05, 4.69) is 5.32 Å². The Morgan fingerprint density at radius 2 is 1.86 bits per heavy atom. The topological polar surface area (TPSA) is 55.1 Å². The van der Waals surface area contributed by atoms with E-state index in [-0.39, 0.29) is 11.0 Å². The van der Waals surface area contributed by atoms with Gasteiger partial charge in [0, 0.05) is 6.54 Å². The molecule has 0 saturated carbocycles. The van der Waals surface area contributed by atoms with E-state index in [1.165, 1.54) is 12.1 Å². The van der Waals surface area contributed by atoms with E-state index in [0.717, 1.165) is 6.07 Å². The standard InChI is InChI=1S/C15H21F3N2O/c1-9(2)14(3,4)8-20-13(21)10-6-5-7-11(12(10)19)15(16,17)18/h5-7,9H,8,19H2,1-4H3,(H,20,21). The molecule has 6 heteroatoms. The zero-order valence-electron chi connectivity index (χ0n) is 12.6. The smallest absolute Gasteiger partial charge is 0.398 e. The van der Waals surface area contributed by atoms with Crippen LogP contribution in [-0.2, 0) is 6.18 Å². The lowest BCUT2D eigenvalue weighted by Gasteiger charge is -2.29. The number of nitrogen functional groups attached to an aromatic ring is 1. The molecule has 1 aromatic carbocycles. The first-order valence-electron chi connectivity index (χ1n) is 6.70. The van der Waals surface area contributed by atoms with Crippen LogP contribution in [0.2, 0.25) is 0 Å². The van der Waals surface area contributed by atoms with Gasteiger partial charge in [0.1, 0.15) is 0 Å². The zero-order chi connectivity index (χ0) is 16.4. The lowest BCUT2D eigenvalue weighted by Crippen LogP contribution is -2.37. The number of hydrogen-bond donors (Lipinski definition) is 2. The number of amides is 1. The minimum absolute atomic E-state index is 0.149. The first-order valence-corrected chi connectivity index (χ1v) is 6.70. The number of para-hydroxylation sites is 1. The average molecular weight is 302 g/mol. The van der Waals surface area contributed by atoms with Crippen molar-refractivity contribution in [1.82, 2.24) is 5.32 Å². The van der Waals surface area contributed by atoms with Gasteiger partial charge in [0.05, 0.1) is 16.8 Å². The lowest BCUT2D eigenvalue weighted by molar-refractivity contribution is -0.136. The fraction of sp³-hybridized carbons (Fsp3) is 0.533. The quantitative estimate of drug-likeness (QED) is 0.833. The lowest BCUT2D eigenvalue weighted by atomic mass is 9.81. The van der Waals surface area contributed by atoms with Crippen LogP contribution < -0.4 is 11.1 Å². The molecular weight excluding hydrogens is 281 g/mol. The van der Waals surface area contributed by atoms with Gasteiger partial charge in [-0.1, -0.05) is 33.8 Å². The predicted octanol–water partition coefficient (Wildman–Crippen LogP) is 3.70. The van der Waals surface area contributed by atoms with E-state index < -0.39 is 23.3 Å². The predicted molar refractivity (Wildman–Crippen MR) is 76.8 cm³/mol. The summed E-state index contributed by atoms with van der Waals surface area (Å²) < 4.78 is 38.3. The highest BCUT2D eigenvalue weighted by Crippen LogP contribution is 2.35. The van der Waals surface area contributed by atoms with Gasteiger partial charge in [-0.15, -0.1) is 0 Å². The van der Waals surface area contributed by atoms with Crippen LogP contribution in [0.15, 0.2) is 18.2 Å². The highest BCUT2D eigenvalue weighted by molar-refractivity contribution is 5.99. The van der Waals surface area contributed by atoms with Gasteiger partial charge >= 0.3 is 6.18 Å². The summed E-state index contributed by atoms with van der Waals surface area (Å²) in [7, 11) is 0. The van der Waals surface area contributed by atoms with Crippen molar-refractivity contribution in [3.63, 3.8) is 0 Å². The molecule has 0 aliphatic heterocycles. The van der Waals surface area contributed by atoms with Gasteiger partial charge in [-0.25, -0.2) is 0 Å². The van der Waals surface area contributed by atoms with Gasteiger partial charge < -0.3 is 11.1 Å². The molecule has 3 N–H and O–H groups in total. The molecule has 21 heavy (non-hydrogen) atoms. The second-order valence-electron chi connectivity index (χ2n) is 6.09. The summed E-state index contributed by atoms with van der Waals surface area (Å²) in [6.07, 6.45) is -4.57. The summed E-state index contributed by atoms with van der Waals surface area (Å²) in [5.74, 6) is -0.274. The Bertz CT molecular complexity index is 522. The molecule has 0 fully saturated rings. The third-order valence-corrected chi connectivity index (χ3v) is 3.92. The molecule has 1 amide bonds. The van der Waals surface area contributed by atoms with E-state index in [1.54, 1.807) is 0 Å². The van der Waals surface area contributed by atoms with Crippen LogP contribution in [0.1, 0.15) is 43.6 Å². The first kappa shape index (κ1) is 17.3. The molecule has 1 aromatic rings. The zero-order valence-corrected chi connectivity index (χ0v) is 12.6. The highest BCUT2D eigenvalue weighted by Gasteiger charge is 2.34. The van der Waals surface area contributed by atoms with E-state index in [1.807, 2.05) is 27.7 Å². The molecule has 0 unspecified atom stereocenters. The Morgan fingerprint density at radius 1 is 1.29 bits per heavy atom. The maximum absolute atomic E-state index is 12.8. The summed E-state index contributed by atoms with van der Waals surface area (Å²) in [6, 6.07) is 3.34. The van der Waals surface area contributed by atoms with Crippen molar-refractivity contribution in [2.75, 3.05) is 12.3 Å². The molecule has 0 aromatic heterocycles. The van der Waals surface area contributed by atoms with Crippen LogP contribution >= 0.6 is 0 Å². The van der Waals surface area contributed by atoms with Crippen LogP contribution in [0.25, 0.3) is 0 Å². The van der Waals surface area contributed by atoms with Crippen LogP contribution in [0, 0.1) is 11.3 Å². The van der Waals surface area contributed by atoms with Crippen molar-refractivity contribution in [3.05, 3.63) is 29.3 Å². The SMILES string of the molecule is CC(C)C(C)(C)CNC(=O)c1cccc(C(F)(F)F)c1N. The Labute approximate surface area is 122 Å². The molecule has 0 bridgehead atoms. The molecule has 3 nitrogen and oxygen atoms in total. The van der Waals surface area contributed by atoms with Crippen LogP contribution in [0.4, 0.5) is 18.9 Å². The first-order chi connectivity index (χ1) is 9.47. The molecule has 0 spiro atoms. The average Bonchev–Trinajstić information content (AvgIpc) is 2.34. The van der Waals surface area contributed by atoms with Crippen molar-refractivity contribution < 1.29 is 18.0 Å². The van der Waals surface area contributed by atoms with Crippen LogP contribution in [-0.4, -0.2) is 12.5 Å². The largest absolute Gasteiger partial charge is 0.418 e. The van der Waals surface area contributed by atoms with Crippen LogP contribution in [0.5, 0.6) is 0 Å². The second kappa shape index (κ2) is 5.95. The fourth-order valence-corrected chi connectivity index (χ4v) is 1.62. The van der Waals surface area contributed by atoms with E-state index >= 15 is 0 Å². The Hall–Kier alpha value is -1.72. The Kier molecular flexibility index (Phi) is 4.91. The molecule has 0 saturated heterocycles. The number of nitrogens with two attached hydrogens (primary N) is 1. The van der Waals surface area contributed by atoms with Crippen LogP contribution in [0.3, 0.4) is 0 Å². The number of hydrogen-bond acceptors (Lipinski definition) is 2. The number of carbonyl (C=O) groups is 1. The minimum Gasteiger partial charge on any atom is -0.398 e. The maximum Gasteiger partial charge on any atom is 0.418 e. The molecule has 118 valence electrons. The third-order valence-electron chi connectivity index (χ3n) is 3.92. The van der Waals surface area contributed by atoms with Gasteiger partial charge in [-0.05, 0) is 23.5 Å². The molecule has 1 rings (SSSR count). The van der Waals surface area contributed by atoms with E-state index in [4.69, 9.17) is 5.73 Å². The summed E-state index contributed by atoms with van der Waals surface area (Å²) in [4.78, 5) is 12.1. The summed E-state index contributed by atoms with van der Waals surface area (Å²) in [6.45, 7) is 8.36. The third kappa shape index (κ3) is 4.12. The van der Waals surface area contributed by atoms with Crippen molar-refractivity contribution in [2.45, 2.75) is 33.9 Å². The van der Waals surface area contributed by atoms with Gasteiger partial charge in [0.15, 0.2) is 0 Å². The Balaban J connectivity index is 2.95. The number of nitrogens with one attached hydrogen (secondary N) is 1. The van der Waals surface area contributed by atoms with E-state index in [0.29, 0.717) is 12.5 Å². The summed E-state index contributed by atoms with van der Waals surface area (Å²) in [5, 5.41) is 2.65. The van der Waals surface area contributed by atoms with Crippen molar-refractivity contribution in [2.24, 2.45) is 11.3 Å². The Morgan fingerprint density at radius 3 is 2.33 bits per heavy atom. The van der Waals surface area contributed by atoms with Gasteiger partial charge in [0.2, 0.25) is 0 Å². The summed E-state index contributed by atoms with van der Waals surface area (Å²) >= 11 is 0. The van der Waals surface area contributed by atoms with Crippen molar-refractivity contribution in [1.29, 1.82) is 0 Å². The highest BCUT2D eigenvalue weighted by atomic mass is 19.4. The van der Waals surface area contributed by atoms with Gasteiger partial charge in [-0.2, -0.15) is 13.2 Å². The number of rotatable bonds is 4. The normalized spacial score (nSPS) is 12.6. The van der Waals surface area contributed by atoms with Gasteiger partial charge in [0.25, 0.3) is 5.91 Å². The molecule has 0 aliphatic carbocycles. The molecule has 0 radical (unpaired) electrons. The number of carbonyl (C=O) groups excluding carboxylic acids is 1. The molecule has 0 heterocycles. The molecular formula is C15H21F3N2O. The number of alkyl halides is 3. The monoisotopic (exact) mass is 302 g/mol. The number of halogens is 3. The molecule has 0 atom stereocenters. The van der Waals surface area contributed by atoms with Crippen molar-refractivity contribution >= 4 is 11.6 Å². The molecule has 0 aliphatic rings. The fourth-order valence-electron chi connectivity index (χ4n) is 1.62. The maximum atomic E-state index is 12.8. The number of anilines is 1.